The molecule has 0 aliphatic carbocycles. The summed E-state index contributed by atoms with van der Waals surface area (Å²) in [7, 11) is 0. The SMILES string of the molecule is CCCCC(CC)CN1C(=O)/C(=C2/C(=O)N(CC(CC)CCCC)c3c2ccc(-c2ccc(Br)s2)c3F)c2ccc(-c3ccc(Br)s3)c(F)c21. The largest absolute Gasteiger partial charge is 0.305 e. The molecule has 0 saturated heterocycles. The van der Waals surface area contributed by atoms with Crippen LogP contribution in [0.25, 0.3) is 32.0 Å². The van der Waals surface area contributed by atoms with Crippen LogP contribution >= 0.6 is 54.5 Å². The van der Waals surface area contributed by atoms with Gasteiger partial charge in [0.05, 0.1) is 30.1 Å². The molecule has 4 nitrogen and oxygen atoms in total. The van der Waals surface area contributed by atoms with Crippen molar-refractivity contribution in [2.24, 2.45) is 11.8 Å². The second kappa shape index (κ2) is 15.9. The Balaban J connectivity index is 1.57. The van der Waals surface area contributed by atoms with Gasteiger partial charge in [-0.3, -0.25) is 9.59 Å². The molecular weight excluding hydrogens is 802 g/mol. The van der Waals surface area contributed by atoms with Gasteiger partial charge in [-0.05, 0) is 92.9 Å². The maximum atomic E-state index is 16.9. The minimum atomic E-state index is -0.482. The Morgan fingerprint density at radius 3 is 1.30 bits per heavy atom. The minimum Gasteiger partial charge on any atom is -0.305 e. The maximum Gasteiger partial charge on any atom is 0.259 e. The molecule has 0 radical (unpaired) electrons. The predicted molar refractivity (Wildman–Crippen MR) is 213 cm³/mol. The van der Waals surface area contributed by atoms with Crippen molar-refractivity contribution in [3.05, 3.63) is 78.9 Å². The van der Waals surface area contributed by atoms with E-state index in [9.17, 15) is 9.59 Å². The van der Waals surface area contributed by atoms with Crippen LogP contribution in [0.1, 0.15) is 90.2 Å². The van der Waals surface area contributed by atoms with Crippen molar-refractivity contribution in [1.82, 2.24) is 0 Å². The van der Waals surface area contributed by atoms with E-state index in [-0.39, 0.29) is 34.4 Å². The molecule has 10 heteroatoms. The molecule has 0 spiro atoms. The number of thiophene rings is 2. The Bertz CT molecular complexity index is 1810. The molecule has 2 aliphatic heterocycles. The quantitative estimate of drug-likeness (QED) is 0.119. The summed E-state index contributed by atoms with van der Waals surface area (Å²) in [5, 5.41) is 0. The molecule has 2 aromatic heterocycles. The molecule has 4 heterocycles. The molecule has 0 N–H and O–H groups in total. The first kappa shape index (κ1) is 37.1. The molecule has 2 amide bonds. The summed E-state index contributed by atoms with van der Waals surface area (Å²) in [6.07, 6.45) is 7.56. The number of hydrogen-bond acceptors (Lipinski definition) is 4. The first-order valence-corrected chi connectivity index (χ1v) is 20.9. The first-order valence-electron chi connectivity index (χ1n) is 17.7. The fraction of sp³-hybridized carbons (Fsp3) is 0.400. The van der Waals surface area contributed by atoms with Crippen LogP contribution < -0.4 is 9.80 Å². The van der Waals surface area contributed by atoms with E-state index >= 15 is 8.78 Å². The third-order valence-electron chi connectivity index (χ3n) is 10.1. The Kier molecular flexibility index (Phi) is 11.8. The lowest BCUT2D eigenvalue weighted by Gasteiger charge is -2.24. The molecule has 2 atom stereocenters. The van der Waals surface area contributed by atoms with Crippen molar-refractivity contribution < 1.29 is 18.4 Å². The van der Waals surface area contributed by atoms with Crippen LogP contribution in [0.2, 0.25) is 0 Å². The summed E-state index contributed by atoms with van der Waals surface area (Å²) >= 11 is 9.84. The second-order valence-corrected chi connectivity index (χ2v) is 18.2. The van der Waals surface area contributed by atoms with Crippen molar-refractivity contribution in [1.29, 1.82) is 0 Å². The lowest BCUT2D eigenvalue weighted by Crippen LogP contribution is -2.34. The molecule has 0 fully saturated rings. The Morgan fingerprint density at radius 2 is 0.980 bits per heavy atom. The zero-order valence-corrected chi connectivity index (χ0v) is 33.7. The molecule has 2 unspecified atom stereocenters. The number of anilines is 2. The molecule has 2 aromatic carbocycles. The fourth-order valence-electron chi connectivity index (χ4n) is 7.25. The van der Waals surface area contributed by atoms with Crippen molar-refractivity contribution in [2.45, 2.75) is 79.1 Å². The Morgan fingerprint density at radius 1 is 0.600 bits per heavy atom. The first-order chi connectivity index (χ1) is 24.1. The fourth-order valence-corrected chi connectivity index (χ4v) is 10.1. The van der Waals surface area contributed by atoms with Crippen molar-refractivity contribution in [2.75, 3.05) is 22.9 Å². The molecule has 50 heavy (non-hydrogen) atoms. The Labute approximate surface area is 318 Å². The topological polar surface area (TPSA) is 40.6 Å². The van der Waals surface area contributed by atoms with E-state index < -0.39 is 23.4 Å². The highest BCUT2D eigenvalue weighted by molar-refractivity contribution is 9.11. The highest BCUT2D eigenvalue weighted by Gasteiger charge is 2.45. The van der Waals surface area contributed by atoms with Crippen LogP contribution in [0, 0.1) is 23.5 Å². The average Bonchev–Trinajstić information content (AvgIpc) is 3.86. The molecule has 4 aromatic rings. The van der Waals surface area contributed by atoms with E-state index in [1.165, 1.54) is 22.7 Å². The molecule has 0 saturated carbocycles. The van der Waals surface area contributed by atoms with Gasteiger partial charge in [0.15, 0.2) is 11.6 Å². The lowest BCUT2D eigenvalue weighted by molar-refractivity contribution is -0.114. The van der Waals surface area contributed by atoms with Crippen LogP contribution in [0.4, 0.5) is 20.2 Å². The number of nitrogens with zero attached hydrogens (tertiary/aromatic N) is 2. The number of hydrogen-bond donors (Lipinski definition) is 0. The van der Waals surface area contributed by atoms with Gasteiger partial charge in [0.1, 0.15) is 0 Å². The third-order valence-corrected chi connectivity index (χ3v) is 13.4. The van der Waals surface area contributed by atoms with Crippen molar-refractivity contribution in [3.8, 4) is 20.9 Å². The molecule has 0 bridgehead atoms. The van der Waals surface area contributed by atoms with E-state index in [1.54, 1.807) is 34.1 Å². The smallest absolute Gasteiger partial charge is 0.259 e. The minimum absolute atomic E-state index is 0.157. The number of fused-ring (bicyclic) bond motifs is 2. The summed E-state index contributed by atoms with van der Waals surface area (Å²) in [5.41, 5.74) is 2.31. The highest BCUT2D eigenvalue weighted by atomic mass is 79.9. The molecule has 2 aliphatic rings. The standard InChI is InChI=1S/C40H42Br2F2N2O2S2/c1-5-9-11-23(7-3)21-45-37-27(15-13-25(35(37)43)29-17-19-31(41)49-29)33(39(45)47)34-28-16-14-26(30-18-20-32(42)50-30)36(44)38(28)46(40(34)48)22-24(8-4)12-10-6-2/h13-20,23-24H,5-12,21-22H2,1-4H3/b34-33+. The van der Waals surface area contributed by atoms with Gasteiger partial charge >= 0.3 is 0 Å². The maximum absolute atomic E-state index is 16.9. The van der Waals surface area contributed by atoms with E-state index in [4.69, 9.17) is 0 Å². The van der Waals surface area contributed by atoms with Gasteiger partial charge < -0.3 is 9.80 Å². The number of halogens is 4. The van der Waals surface area contributed by atoms with Crippen LogP contribution in [0.5, 0.6) is 0 Å². The zero-order valence-electron chi connectivity index (χ0n) is 28.9. The normalized spacial score (nSPS) is 16.8. The lowest BCUT2D eigenvalue weighted by atomic mass is 9.94. The van der Waals surface area contributed by atoms with E-state index in [0.717, 1.165) is 68.7 Å². The third kappa shape index (κ3) is 6.94. The van der Waals surface area contributed by atoms with Crippen LogP contribution in [0.3, 0.4) is 0 Å². The number of amides is 2. The number of carbonyl (C=O) groups is 2. The van der Waals surface area contributed by atoms with Gasteiger partial charge in [0.2, 0.25) is 0 Å². The molecular formula is C40H42Br2F2N2O2S2. The van der Waals surface area contributed by atoms with Crippen LogP contribution in [-0.4, -0.2) is 24.9 Å². The van der Waals surface area contributed by atoms with Crippen molar-refractivity contribution in [3.63, 3.8) is 0 Å². The van der Waals surface area contributed by atoms with E-state index in [1.807, 2.05) is 24.3 Å². The summed E-state index contributed by atoms with van der Waals surface area (Å²) in [6, 6.07) is 14.4. The number of benzene rings is 2. The van der Waals surface area contributed by atoms with Gasteiger partial charge in [-0.25, -0.2) is 8.78 Å². The molecule has 6 rings (SSSR count). The van der Waals surface area contributed by atoms with Gasteiger partial charge in [-0.15, -0.1) is 22.7 Å². The highest BCUT2D eigenvalue weighted by Crippen LogP contribution is 2.52. The number of carbonyl (C=O) groups excluding carboxylic acids is 2. The van der Waals surface area contributed by atoms with Crippen LogP contribution in [0.15, 0.2) is 56.1 Å². The molecule has 264 valence electrons. The van der Waals surface area contributed by atoms with E-state index in [0.29, 0.717) is 35.3 Å². The monoisotopic (exact) mass is 842 g/mol. The van der Waals surface area contributed by atoms with Gasteiger partial charge in [-0.2, -0.15) is 0 Å². The van der Waals surface area contributed by atoms with Crippen molar-refractivity contribution >= 4 is 88.9 Å². The summed E-state index contributed by atoms with van der Waals surface area (Å²) in [6.45, 7) is 9.15. The number of unbranched alkanes of at least 4 members (excludes halogenated alkanes) is 2. The second-order valence-electron chi connectivity index (χ2n) is 13.3. The van der Waals surface area contributed by atoms with Gasteiger partial charge in [-0.1, -0.05) is 78.4 Å². The zero-order chi connectivity index (χ0) is 35.7. The summed E-state index contributed by atoms with van der Waals surface area (Å²) < 4.78 is 35.5. The number of rotatable bonds is 14. The average molecular weight is 845 g/mol. The van der Waals surface area contributed by atoms with Gasteiger partial charge in [0.25, 0.3) is 11.8 Å². The van der Waals surface area contributed by atoms with Gasteiger partial charge in [0, 0.05) is 45.1 Å². The van der Waals surface area contributed by atoms with Crippen LogP contribution in [-0.2, 0) is 9.59 Å². The summed E-state index contributed by atoms with van der Waals surface area (Å²) in [4.78, 5) is 34.1. The summed E-state index contributed by atoms with van der Waals surface area (Å²) in [5.74, 6) is -1.45. The predicted octanol–water partition coefficient (Wildman–Crippen LogP) is 13.0. The Hall–Kier alpha value is -2.66. The van der Waals surface area contributed by atoms with E-state index in [2.05, 4.69) is 59.6 Å².